The van der Waals surface area contributed by atoms with Crippen molar-refractivity contribution in [1.82, 2.24) is 19.6 Å². The van der Waals surface area contributed by atoms with Crippen LogP contribution in [-0.2, 0) is 11.1 Å². The molecule has 1 aliphatic rings. The molecule has 0 atom stereocenters. The fraction of sp³-hybridized carbons (Fsp3) is 0.273. The normalized spacial score (nSPS) is 14.0. The van der Waals surface area contributed by atoms with Crippen molar-refractivity contribution >= 4 is 0 Å². The van der Waals surface area contributed by atoms with E-state index in [4.69, 9.17) is 10.2 Å². The summed E-state index contributed by atoms with van der Waals surface area (Å²) in [7, 11) is 0. The predicted molar refractivity (Wildman–Crippen MR) is 153 cm³/mol. The Hall–Kier alpha value is -3.92. The molecule has 0 spiro atoms. The van der Waals surface area contributed by atoms with Crippen LogP contribution >= 0.6 is 0 Å². The lowest BCUT2D eigenvalue weighted by Gasteiger charge is -2.29. The summed E-state index contributed by atoms with van der Waals surface area (Å²) in [6.45, 7) is 15.4. The van der Waals surface area contributed by atoms with Crippen LogP contribution in [0.25, 0.3) is 44.8 Å². The zero-order valence-electron chi connectivity index (χ0n) is 22.8. The van der Waals surface area contributed by atoms with Gasteiger partial charge >= 0.3 is 0 Å². The molecule has 186 valence electrons. The summed E-state index contributed by atoms with van der Waals surface area (Å²) in [6.07, 6.45) is 0. The number of hydrogen-bond donors (Lipinski definition) is 0. The third-order valence-electron chi connectivity index (χ3n) is 7.59. The van der Waals surface area contributed by atoms with E-state index < -0.39 is 5.66 Å². The zero-order valence-corrected chi connectivity index (χ0v) is 22.8. The molecule has 5 aromatic rings. The Balaban J connectivity index is 1.69. The Morgan fingerprint density at radius 2 is 1.00 bits per heavy atom. The molecule has 6 rings (SSSR count). The highest BCUT2D eigenvalue weighted by molar-refractivity contribution is 5.79. The number of nitrogens with zero attached hydrogens (tertiary/aromatic N) is 4. The molecule has 0 saturated carbocycles. The maximum Gasteiger partial charge on any atom is 0.148 e. The maximum absolute atomic E-state index is 5.17. The number of aromatic nitrogens is 4. The van der Waals surface area contributed by atoms with Crippen LogP contribution in [0.4, 0.5) is 0 Å². The lowest BCUT2D eigenvalue weighted by Crippen LogP contribution is -2.38. The van der Waals surface area contributed by atoms with Gasteiger partial charge in [0.15, 0.2) is 0 Å². The van der Waals surface area contributed by atoms with Crippen molar-refractivity contribution < 1.29 is 0 Å². The van der Waals surface area contributed by atoms with E-state index in [2.05, 4.69) is 137 Å². The third kappa shape index (κ3) is 3.92. The van der Waals surface area contributed by atoms with E-state index in [0.717, 1.165) is 33.9 Å². The first-order valence-electron chi connectivity index (χ1n) is 13.0. The van der Waals surface area contributed by atoms with Crippen LogP contribution in [0.5, 0.6) is 0 Å². The van der Waals surface area contributed by atoms with Crippen molar-refractivity contribution in [2.45, 2.75) is 59.5 Å². The van der Waals surface area contributed by atoms with Gasteiger partial charge in [-0.15, -0.1) is 0 Å². The minimum absolute atomic E-state index is 0.0109. The van der Waals surface area contributed by atoms with E-state index in [1.165, 1.54) is 27.8 Å². The summed E-state index contributed by atoms with van der Waals surface area (Å²) in [5.74, 6) is 0. The van der Waals surface area contributed by atoms with Gasteiger partial charge in [0, 0.05) is 22.5 Å². The molecule has 4 nitrogen and oxygen atoms in total. The minimum atomic E-state index is -0.478. The quantitative estimate of drug-likeness (QED) is 0.221. The highest BCUT2D eigenvalue weighted by Gasteiger charge is 2.29. The first kappa shape index (κ1) is 23.5. The smallest absolute Gasteiger partial charge is 0.148 e. The Morgan fingerprint density at radius 1 is 0.568 bits per heavy atom. The van der Waals surface area contributed by atoms with Gasteiger partial charge in [0.25, 0.3) is 0 Å². The van der Waals surface area contributed by atoms with E-state index >= 15 is 0 Å². The number of rotatable bonds is 0. The maximum atomic E-state index is 5.17. The summed E-state index contributed by atoms with van der Waals surface area (Å²) in [5, 5.41) is 10.3. The average Bonchev–Trinajstić information content (AvgIpc) is 3.47. The average molecular weight is 487 g/mol. The fourth-order valence-electron chi connectivity index (χ4n) is 5.54. The molecular formula is C33H34N4. The SMILES string of the molecule is Cc1cc2nn1C(C)(C)n1nc(cc1C)-c1cc(cc(C(C)(C)C)c1)-c1cccc(c1)-c1cccc-2c1. The second-order valence-electron chi connectivity index (χ2n) is 11.9. The van der Waals surface area contributed by atoms with E-state index in [1.807, 2.05) is 0 Å². The fourth-order valence-corrected chi connectivity index (χ4v) is 5.54. The topological polar surface area (TPSA) is 35.6 Å². The molecule has 0 amide bonds. The predicted octanol–water partition coefficient (Wildman–Crippen LogP) is 8.22. The van der Waals surface area contributed by atoms with Crippen molar-refractivity contribution in [3.63, 3.8) is 0 Å². The van der Waals surface area contributed by atoms with Gasteiger partial charge in [-0.3, -0.25) is 0 Å². The summed E-state index contributed by atoms with van der Waals surface area (Å²) in [6, 6.07) is 28.9. The van der Waals surface area contributed by atoms with Gasteiger partial charge in [0.2, 0.25) is 0 Å². The number of aryl methyl sites for hydroxylation is 2. The molecule has 0 N–H and O–H groups in total. The van der Waals surface area contributed by atoms with Crippen LogP contribution in [0, 0.1) is 13.8 Å². The van der Waals surface area contributed by atoms with Crippen molar-refractivity contribution in [3.05, 3.63) is 95.8 Å². The van der Waals surface area contributed by atoms with Gasteiger partial charge in [0.05, 0.1) is 11.4 Å². The lowest BCUT2D eigenvalue weighted by atomic mass is 9.83. The van der Waals surface area contributed by atoms with Crippen molar-refractivity contribution in [2.75, 3.05) is 0 Å². The first-order chi connectivity index (χ1) is 17.5. The molecule has 3 heterocycles. The van der Waals surface area contributed by atoms with Gasteiger partial charge in [-0.25, -0.2) is 9.36 Å². The molecule has 2 aromatic heterocycles. The molecule has 10 bridgehead atoms. The molecule has 0 aliphatic carbocycles. The Morgan fingerprint density at radius 3 is 1.57 bits per heavy atom. The van der Waals surface area contributed by atoms with Gasteiger partial charge in [-0.2, -0.15) is 10.2 Å². The second kappa shape index (κ2) is 8.04. The Bertz CT molecular complexity index is 1660. The first-order valence-corrected chi connectivity index (χ1v) is 13.0. The summed E-state index contributed by atoms with van der Waals surface area (Å²) >= 11 is 0. The number of benzene rings is 3. The highest BCUT2D eigenvalue weighted by atomic mass is 15.5. The molecule has 3 aromatic carbocycles. The van der Waals surface area contributed by atoms with Crippen LogP contribution in [0.15, 0.2) is 78.9 Å². The monoisotopic (exact) mass is 486 g/mol. The Labute approximate surface area is 219 Å². The van der Waals surface area contributed by atoms with Crippen molar-refractivity contribution in [2.24, 2.45) is 0 Å². The molecule has 1 aliphatic heterocycles. The van der Waals surface area contributed by atoms with Crippen LogP contribution < -0.4 is 0 Å². The van der Waals surface area contributed by atoms with Gasteiger partial charge in [0.1, 0.15) is 5.66 Å². The standard InChI is InChI=1S/C33H34N4/c1-21-14-30-26-13-9-11-24(17-26)23-10-8-12-25(16-23)27-18-28(20-29(19-27)32(3,4)5)31-15-22(2)37(35-31)33(6,7)36(21)34-30/h8-20H,1-7H3. The highest BCUT2D eigenvalue weighted by Crippen LogP contribution is 2.36. The van der Waals surface area contributed by atoms with E-state index in [-0.39, 0.29) is 5.41 Å². The van der Waals surface area contributed by atoms with Crippen LogP contribution in [0.1, 0.15) is 51.6 Å². The molecule has 37 heavy (non-hydrogen) atoms. The summed E-state index contributed by atoms with van der Waals surface area (Å²) in [4.78, 5) is 0. The molecule has 0 unspecified atom stereocenters. The molecule has 4 heteroatoms. The van der Waals surface area contributed by atoms with Gasteiger partial charge < -0.3 is 0 Å². The van der Waals surface area contributed by atoms with E-state index in [1.54, 1.807) is 0 Å². The molecule has 0 saturated heterocycles. The minimum Gasteiger partial charge on any atom is -0.242 e. The zero-order chi connectivity index (χ0) is 26.1. The van der Waals surface area contributed by atoms with E-state index in [0.29, 0.717) is 0 Å². The number of hydrogen-bond acceptors (Lipinski definition) is 2. The molecule has 0 radical (unpaired) electrons. The van der Waals surface area contributed by atoms with E-state index in [9.17, 15) is 0 Å². The van der Waals surface area contributed by atoms with Crippen molar-refractivity contribution in [3.8, 4) is 44.8 Å². The molecule has 0 fully saturated rings. The lowest BCUT2D eigenvalue weighted by molar-refractivity contribution is 0.227. The summed E-state index contributed by atoms with van der Waals surface area (Å²) < 4.78 is 4.21. The van der Waals surface area contributed by atoms with Crippen molar-refractivity contribution in [1.29, 1.82) is 0 Å². The third-order valence-corrected chi connectivity index (χ3v) is 7.59. The van der Waals surface area contributed by atoms with Crippen LogP contribution in [0.2, 0.25) is 0 Å². The van der Waals surface area contributed by atoms with Gasteiger partial charge in [-0.1, -0.05) is 63.2 Å². The largest absolute Gasteiger partial charge is 0.242 e. The number of fused-ring (bicyclic) bond motifs is 14. The summed E-state index contributed by atoms with van der Waals surface area (Å²) in [5.41, 5.74) is 12.1. The Kier molecular flexibility index (Phi) is 5.10. The van der Waals surface area contributed by atoms with Crippen LogP contribution in [-0.4, -0.2) is 19.6 Å². The van der Waals surface area contributed by atoms with Gasteiger partial charge in [-0.05, 0) is 97.3 Å². The molecular weight excluding hydrogens is 452 g/mol. The van der Waals surface area contributed by atoms with Crippen LogP contribution in [0.3, 0.4) is 0 Å². The second-order valence-corrected chi connectivity index (χ2v) is 11.9.